The molecule has 3 heterocycles. The third-order valence-electron chi connectivity index (χ3n) is 5.96. The first-order chi connectivity index (χ1) is 15.6. The van der Waals surface area contributed by atoms with Gasteiger partial charge in [0.1, 0.15) is 18.1 Å². The minimum Gasteiger partial charge on any atom is -0.480 e. The molecule has 3 aromatic carbocycles. The summed E-state index contributed by atoms with van der Waals surface area (Å²) in [5.41, 5.74) is 6.10. The van der Waals surface area contributed by atoms with Crippen molar-refractivity contribution in [2.75, 3.05) is 5.32 Å². The van der Waals surface area contributed by atoms with Crippen LogP contribution < -0.4 is 10.1 Å². The maximum Gasteiger partial charge on any atom is 0.226 e. The molecule has 0 amide bonds. The molecule has 158 valence electrons. The van der Waals surface area contributed by atoms with Gasteiger partial charge in [-0.3, -0.25) is 0 Å². The number of nitrogens with one attached hydrogen (secondary N) is 1. The van der Waals surface area contributed by atoms with Crippen LogP contribution in [0.1, 0.15) is 34.4 Å². The van der Waals surface area contributed by atoms with Gasteiger partial charge in [0.15, 0.2) is 6.10 Å². The topological polar surface area (TPSA) is 52.0 Å². The third-order valence-corrected chi connectivity index (χ3v) is 6.52. The lowest BCUT2D eigenvalue weighted by Gasteiger charge is -2.39. The molecule has 0 unspecified atom stereocenters. The zero-order valence-corrected chi connectivity index (χ0v) is 18.6. The predicted octanol–water partition coefficient (Wildman–Crippen LogP) is 6.45. The number of anilines is 1. The second-order valence-corrected chi connectivity index (χ2v) is 8.80. The molecule has 0 saturated heterocycles. The van der Waals surface area contributed by atoms with Crippen molar-refractivity contribution in [2.24, 2.45) is 0 Å². The van der Waals surface area contributed by atoms with E-state index in [0.29, 0.717) is 16.0 Å². The molecule has 7 heteroatoms. The van der Waals surface area contributed by atoms with Gasteiger partial charge in [0.2, 0.25) is 5.95 Å². The van der Waals surface area contributed by atoms with Crippen LogP contribution in [-0.2, 0) is 0 Å². The average Bonchev–Trinajstić information content (AvgIpc) is 3.26. The fraction of sp³-hybridized carbons (Fsp3) is 0.120. The van der Waals surface area contributed by atoms with Gasteiger partial charge in [-0.2, -0.15) is 10.1 Å². The van der Waals surface area contributed by atoms with Crippen LogP contribution in [0.5, 0.6) is 5.75 Å². The Bertz CT molecular complexity index is 1380. The summed E-state index contributed by atoms with van der Waals surface area (Å²) in [6, 6.07) is 21.8. The Hall–Kier alpha value is -3.28. The second kappa shape index (κ2) is 7.40. The summed E-state index contributed by atoms with van der Waals surface area (Å²) in [4.78, 5) is 4.46. The molecular formula is C25H18Cl2N4O. The van der Waals surface area contributed by atoms with E-state index >= 15 is 0 Å². The van der Waals surface area contributed by atoms with Gasteiger partial charge in [0.05, 0.1) is 5.70 Å². The van der Waals surface area contributed by atoms with Gasteiger partial charge < -0.3 is 10.1 Å². The van der Waals surface area contributed by atoms with E-state index < -0.39 is 6.10 Å². The van der Waals surface area contributed by atoms with E-state index in [2.05, 4.69) is 52.7 Å². The average molecular weight is 461 g/mol. The molecule has 6 rings (SSSR count). The summed E-state index contributed by atoms with van der Waals surface area (Å²) >= 11 is 12.9. The molecule has 32 heavy (non-hydrogen) atoms. The Morgan fingerprint density at radius 2 is 1.81 bits per heavy atom. The Morgan fingerprint density at radius 1 is 1.00 bits per heavy atom. The number of rotatable bonds is 2. The van der Waals surface area contributed by atoms with Gasteiger partial charge >= 0.3 is 0 Å². The van der Waals surface area contributed by atoms with E-state index in [1.165, 1.54) is 5.56 Å². The van der Waals surface area contributed by atoms with Crippen molar-refractivity contribution in [3.8, 4) is 5.75 Å². The second-order valence-electron chi connectivity index (χ2n) is 7.96. The summed E-state index contributed by atoms with van der Waals surface area (Å²) < 4.78 is 8.49. The molecular weight excluding hydrogens is 443 g/mol. The van der Waals surface area contributed by atoms with Crippen molar-refractivity contribution in [1.82, 2.24) is 14.8 Å². The minimum atomic E-state index is -0.430. The summed E-state index contributed by atoms with van der Waals surface area (Å²) in [5.74, 6) is 1.47. The Morgan fingerprint density at radius 3 is 2.62 bits per heavy atom. The molecule has 1 aromatic heterocycles. The lowest BCUT2D eigenvalue weighted by molar-refractivity contribution is 0.223. The highest BCUT2D eigenvalue weighted by atomic mass is 35.5. The van der Waals surface area contributed by atoms with Crippen molar-refractivity contribution in [2.45, 2.75) is 19.1 Å². The lowest BCUT2D eigenvalue weighted by Crippen LogP contribution is -2.32. The zero-order valence-electron chi connectivity index (χ0n) is 17.1. The maximum atomic E-state index is 6.67. The Labute approximate surface area is 195 Å². The summed E-state index contributed by atoms with van der Waals surface area (Å²) in [7, 11) is 0. The summed E-state index contributed by atoms with van der Waals surface area (Å²) in [5, 5.41) is 9.18. The van der Waals surface area contributed by atoms with E-state index in [4.69, 9.17) is 27.9 Å². The fourth-order valence-electron chi connectivity index (χ4n) is 4.46. The number of halogens is 2. The van der Waals surface area contributed by atoms with E-state index in [-0.39, 0.29) is 6.04 Å². The first kappa shape index (κ1) is 19.4. The van der Waals surface area contributed by atoms with Crippen molar-refractivity contribution in [3.05, 3.63) is 111 Å². The van der Waals surface area contributed by atoms with Crippen molar-refractivity contribution in [1.29, 1.82) is 0 Å². The van der Waals surface area contributed by atoms with Crippen LogP contribution in [0.4, 0.5) is 5.95 Å². The number of ether oxygens (including phenoxy) is 1. The minimum absolute atomic E-state index is 0.213. The van der Waals surface area contributed by atoms with E-state index in [0.717, 1.165) is 33.7 Å². The van der Waals surface area contributed by atoms with E-state index in [1.807, 2.05) is 35.0 Å². The lowest BCUT2D eigenvalue weighted by atomic mass is 9.84. The van der Waals surface area contributed by atoms with E-state index in [9.17, 15) is 0 Å². The maximum absolute atomic E-state index is 6.67. The largest absolute Gasteiger partial charge is 0.480 e. The summed E-state index contributed by atoms with van der Waals surface area (Å²) in [6.07, 6.45) is 1.14. The standard InChI is InChI=1S/C25H18Cl2N4O/c1-14-6-8-15(9-7-14)23-21-22(30-25-28-13-29-31(23)25)18-4-2-3-5-20(18)32-24(21)17-11-10-16(26)12-19(17)27/h2-13,23-24H,1H3,(H,28,29,30)/t23-,24-/m1/s1. The van der Waals surface area contributed by atoms with Crippen LogP contribution in [0.3, 0.4) is 0 Å². The molecule has 2 aliphatic heterocycles. The quantitative estimate of drug-likeness (QED) is 0.373. The zero-order chi connectivity index (χ0) is 21.8. The first-order valence-corrected chi connectivity index (χ1v) is 11.0. The van der Waals surface area contributed by atoms with Gasteiger partial charge in [-0.15, -0.1) is 0 Å². The number of hydrogen-bond donors (Lipinski definition) is 1. The highest BCUT2D eigenvalue weighted by molar-refractivity contribution is 6.35. The van der Waals surface area contributed by atoms with E-state index in [1.54, 1.807) is 12.4 Å². The van der Waals surface area contributed by atoms with Crippen LogP contribution in [-0.4, -0.2) is 14.8 Å². The molecule has 2 atom stereocenters. The molecule has 4 aromatic rings. The number of fused-ring (bicyclic) bond motifs is 3. The Balaban J connectivity index is 1.64. The number of nitrogens with zero attached hydrogens (tertiary/aromatic N) is 3. The fourth-order valence-corrected chi connectivity index (χ4v) is 4.97. The van der Waals surface area contributed by atoms with Gasteiger partial charge in [-0.1, -0.05) is 71.2 Å². The molecule has 0 radical (unpaired) electrons. The van der Waals surface area contributed by atoms with Crippen molar-refractivity contribution < 1.29 is 4.74 Å². The number of benzene rings is 3. The van der Waals surface area contributed by atoms with Gasteiger partial charge in [-0.25, -0.2) is 4.68 Å². The third kappa shape index (κ3) is 3.00. The monoisotopic (exact) mass is 460 g/mol. The van der Waals surface area contributed by atoms with Crippen molar-refractivity contribution >= 4 is 34.8 Å². The van der Waals surface area contributed by atoms with Gasteiger partial charge in [0.25, 0.3) is 0 Å². The van der Waals surface area contributed by atoms with Gasteiger partial charge in [0, 0.05) is 26.7 Å². The highest BCUT2D eigenvalue weighted by Crippen LogP contribution is 2.51. The van der Waals surface area contributed by atoms with Crippen molar-refractivity contribution in [3.63, 3.8) is 0 Å². The van der Waals surface area contributed by atoms with Crippen LogP contribution in [0.2, 0.25) is 10.0 Å². The van der Waals surface area contributed by atoms with Crippen LogP contribution in [0, 0.1) is 6.92 Å². The normalized spacial score (nSPS) is 18.8. The van der Waals surface area contributed by atoms with Crippen LogP contribution in [0.15, 0.2) is 78.6 Å². The number of aryl methyl sites for hydroxylation is 1. The molecule has 5 nitrogen and oxygen atoms in total. The smallest absolute Gasteiger partial charge is 0.226 e. The summed E-state index contributed by atoms with van der Waals surface area (Å²) in [6.45, 7) is 2.08. The van der Waals surface area contributed by atoms with Crippen LogP contribution >= 0.6 is 23.2 Å². The van der Waals surface area contributed by atoms with Gasteiger partial charge in [-0.05, 0) is 36.8 Å². The van der Waals surface area contributed by atoms with Crippen LogP contribution in [0.25, 0.3) is 5.70 Å². The molecule has 1 N–H and O–H groups in total. The molecule has 0 saturated carbocycles. The number of hydrogen-bond acceptors (Lipinski definition) is 4. The molecule has 0 spiro atoms. The molecule has 0 fully saturated rings. The number of para-hydroxylation sites is 1. The SMILES string of the molecule is Cc1ccc([C@@H]2C3=C(Nc4ncnn42)c2ccccc2O[C@@H]3c2ccc(Cl)cc2Cl)cc1. The number of aromatic nitrogens is 3. The molecule has 0 bridgehead atoms. The molecule has 2 aliphatic rings. The Kier molecular flexibility index (Phi) is 4.49. The highest BCUT2D eigenvalue weighted by Gasteiger charge is 2.41. The molecule has 0 aliphatic carbocycles. The predicted molar refractivity (Wildman–Crippen MR) is 126 cm³/mol. The first-order valence-electron chi connectivity index (χ1n) is 10.3.